The van der Waals surface area contributed by atoms with Crippen molar-refractivity contribution in [1.29, 1.82) is 0 Å². The van der Waals surface area contributed by atoms with E-state index in [0.29, 0.717) is 18.6 Å². The van der Waals surface area contributed by atoms with Gasteiger partial charge in [0.1, 0.15) is 5.60 Å². The summed E-state index contributed by atoms with van der Waals surface area (Å²) in [6.45, 7) is 17.7. The average molecular weight is 282 g/mol. The fraction of sp³-hybridized carbons (Fsp3) is 0.706. The van der Waals surface area contributed by atoms with Crippen LogP contribution in [0, 0.1) is 0 Å². The first kappa shape index (κ1) is 18.9. The number of ether oxygens (including phenoxy) is 2. The van der Waals surface area contributed by atoms with Crippen molar-refractivity contribution in [2.75, 3.05) is 6.61 Å². The van der Waals surface area contributed by atoms with Crippen molar-refractivity contribution >= 4 is 5.97 Å². The summed E-state index contributed by atoms with van der Waals surface area (Å²) >= 11 is 0. The molecule has 3 heteroatoms. The number of carbonyl (C=O) groups excluding carboxylic acids is 1. The van der Waals surface area contributed by atoms with Gasteiger partial charge in [0.2, 0.25) is 0 Å². The van der Waals surface area contributed by atoms with E-state index in [2.05, 4.69) is 27.0 Å². The summed E-state index contributed by atoms with van der Waals surface area (Å²) in [5.74, 6) is -0.335. The second-order valence-electron chi connectivity index (χ2n) is 5.87. The van der Waals surface area contributed by atoms with Gasteiger partial charge < -0.3 is 9.47 Å². The van der Waals surface area contributed by atoms with Crippen LogP contribution in [0.15, 0.2) is 24.8 Å². The van der Waals surface area contributed by atoms with Crippen LogP contribution in [0.2, 0.25) is 0 Å². The lowest BCUT2D eigenvalue weighted by molar-refractivity contribution is -0.156. The van der Waals surface area contributed by atoms with Crippen LogP contribution in [-0.4, -0.2) is 23.8 Å². The molecule has 0 amide bonds. The second kappa shape index (κ2) is 8.25. The first-order chi connectivity index (χ1) is 9.22. The Morgan fingerprint density at radius 3 is 2.15 bits per heavy atom. The van der Waals surface area contributed by atoms with Crippen molar-refractivity contribution in [3.05, 3.63) is 24.8 Å². The van der Waals surface area contributed by atoms with E-state index in [1.54, 1.807) is 6.92 Å². The molecule has 2 unspecified atom stereocenters. The summed E-state index contributed by atoms with van der Waals surface area (Å²) in [6.07, 6.45) is 5.05. The molecular formula is C17H30O3. The van der Waals surface area contributed by atoms with E-state index >= 15 is 0 Å². The Morgan fingerprint density at radius 1 is 1.20 bits per heavy atom. The van der Waals surface area contributed by atoms with Crippen molar-refractivity contribution in [2.45, 2.75) is 71.5 Å². The highest BCUT2D eigenvalue weighted by atomic mass is 16.6. The van der Waals surface area contributed by atoms with E-state index in [-0.39, 0.29) is 11.6 Å². The SMILES string of the molecule is C=CCC(C)(CC)OCCC(C)(CC)OC(=O)C(=C)C. The smallest absolute Gasteiger partial charge is 0.333 e. The summed E-state index contributed by atoms with van der Waals surface area (Å²) in [7, 11) is 0. The van der Waals surface area contributed by atoms with Crippen LogP contribution in [-0.2, 0) is 14.3 Å². The second-order valence-corrected chi connectivity index (χ2v) is 5.87. The minimum absolute atomic E-state index is 0.186. The Labute approximate surface area is 124 Å². The number of esters is 1. The van der Waals surface area contributed by atoms with Gasteiger partial charge in [-0.1, -0.05) is 26.5 Å². The van der Waals surface area contributed by atoms with Crippen LogP contribution < -0.4 is 0 Å². The molecule has 0 spiro atoms. The fourth-order valence-electron chi connectivity index (χ4n) is 1.73. The molecule has 0 bridgehead atoms. The zero-order valence-corrected chi connectivity index (χ0v) is 13.8. The standard InChI is InChI=1S/C17H30O3/c1-8-11-16(6,9-2)19-13-12-17(7,10-3)20-15(18)14(4)5/h8H,1,4,9-13H2,2-3,5-7H3. The Morgan fingerprint density at radius 2 is 1.75 bits per heavy atom. The van der Waals surface area contributed by atoms with E-state index in [1.807, 2.05) is 19.9 Å². The minimum atomic E-state index is -0.501. The molecule has 0 rings (SSSR count). The fourth-order valence-corrected chi connectivity index (χ4v) is 1.73. The van der Waals surface area contributed by atoms with Gasteiger partial charge in [-0.05, 0) is 40.0 Å². The molecule has 0 saturated carbocycles. The number of hydrogen-bond donors (Lipinski definition) is 0. The van der Waals surface area contributed by atoms with Crippen molar-refractivity contribution in [2.24, 2.45) is 0 Å². The summed E-state index contributed by atoms with van der Waals surface area (Å²) in [5.41, 5.74) is -0.260. The Balaban J connectivity index is 4.47. The highest BCUT2D eigenvalue weighted by Gasteiger charge is 2.29. The normalized spacial score (nSPS) is 16.9. The average Bonchev–Trinajstić information content (AvgIpc) is 2.38. The predicted octanol–water partition coefficient (Wildman–Crippen LogP) is 4.43. The van der Waals surface area contributed by atoms with Crippen molar-refractivity contribution in [1.82, 2.24) is 0 Å². The molecule has 0 aromatic carbocycles. The minimum Gasteiger partial charge on any atom is -0.456 e. The molecule has 0 aliphatic rings. The van der Waals surface area contributed by atoms with Crippen LogP contribution >= 0.6 is 0 Å². The van der Waals surface area contributed by atoms with E-state index in [4.69, 9.17) is 9.47 Å². The van der Waals surface area contributed by atoms with Gasteiger partial charge in [0.15, 0.2) is 0 Å². The third kappa shape index (κ3) is 6.38. The molecule has 20 heavy (non-hydrogen) atoms. The van der Waals surface area contributed by atoms with E-state index in [1.165, 1.54) is 0 Å². The molecule has 0 N–H and O–H groups in total. The Bertz CT molecular complexity index is 348. The topological polar surface area (TPSA) is 35.5 Å². The van der Waals surface area contributed by atoms with Gasteiger partial charge in [-0.2, -0.15) is 0 Å². The zero-order valence-electron chi connectivity index (χ0n) is 13.8. The highest BCUT2D eigenvalue weighted by molar-refractivity contribution is 5.87. The molecule has 3 nitrogen and oxygen atoms in total. The van der Waals surface area contributed by atoms with Crippen LogP contribution in [0.1, 0.15) is 60.3 Å². The predicted molar refractivity (Wildman–Crippen MR) is 83.7 cm³/mol. The quantitative estimate of drug-likeness (QED) is 0.338. The molecule has 2 atom stereocenters. The van der Waals surface area contributed by atoms with Crippen molar-refractivity contribution in [3.63, 3.8) is 0 Å². The summed E-state index contributed by atoms with van der Waals surface area (Å²) in [4.78, 5) is 11.7. The number of carbonyl (C=O) groups is 1. The van der Waals surface area contributed by atoms with Crippen molar-refractivity contribution < 1.29 is 14.3 Å². The van der Waals surface area contributed by atoms with E-state index in [0.717, 1.165) is 19.3 Å². The summed E-state index contributed by atoms with van der Waals surface area (Å²) in [5, 5.41) is 0. The van der Waals surface area contributed by atoms with Gasteiger partial charge in [0.05, 0.1) is 12.2 Å². The first-order valence-corrected chi connectivity index (χ1v) is 7.35. The Kier molecular flexibility index (Phi) is 7.80. The summed E-state index contributed by atoms with van der Waals surface area (Å²) in [6, 6.07) is 0. The largest absolute Gasteiger partial charge is 0.456 e. The molecule has 0 aliphatic carbocycles. The zero-order chi connectivity index (χ0) is 15.8. The maximum atomic E-state index is 11.7. The van der Waals surface area contributed by atoms with Crippen LogP contribution in [0.4, 0.5) is 0 Å². The van der Waals surface area contributed by atoms with Gasteiger partial charge in [0, 0.05) is 12.0 Å². The lowest BCUT2D eigenvalue weighted by Crippen LogP contribution is -2.35. The molecule has 0 fully saturated rings. The molecule has 0 radical (unpaired) electrons. The van der Waals surface area contributed by atoms with E-state index in [9.17, 15) is 4.79 Å². The van der Waals surface area contributed by atoms with Gasteiger partial charge in [-0.3, -0.25) is 0 Å². The molecule has 0 aromatic rings. The van der Waals surface area contributed by atoms with Gasteiger partial charge in [-0.25, -0.2) is 4.79 Å². The highest BCUT2D eigenvalue weighted by Crippen LogP contribution is 2.25. The maximum Gasteiger partial charge on any atom is 0.333 e. The maximum absolute atomic E-state index is 11.7. The van der Waals surface area contributed by atoms with Crippen LogP contribution in [0.3, 0.4) is 0 Å². The summed E-state index contributed by atoms with van der Waals surface area (Å²) < 4.78 is 11.5. The molecule has 0 aliphatic heterocycles. The molecular weight excluding hydrogens is 252 g/mol. The molecule has 116 valence electrons. The van der Waals surface area contributed by atoms with Gasteiger partial charge >= 0.3 is 5.97 Å². The lowest BCUT2D eigenvalue weighted by Gasteiger charge is -2.32. The number of rotatable bonds is 10. The lowest BCUT2D eigenvalue weighted by atomic mass is 9.97. The van der Waals surface area contributed by atoms with Crippen LogP contribution in [0.25, 0.3) is 0 Å². The first-order valence-electron chi connectivity index (χ1n) is 7.35. The Hall–Kier alpha value is -1.09. The van der Waals surface area contributed by atoms with Gasteiger partial charge in [-0.15, -0.1) is 6.58 Å². The molecule has 0 saturated heterocycles. The van der Waals surface area contributed by atoms with E-state index < -0.39 is 5.60 Å². The monoisotopic (exact) mass is 282 g/mol. The number of hydrogen-bond acceptors (Lipinski definition) is 3. The third-order valence-electron chi connectivity index (χ3n) is 3.84. The van der Waals surface area contributed by atoms with Crippen molar-refractivity contribution in [3.8, 4) is 0 Å². The molecule has 0 aromatic heterocycles. The molecule has 0 heterocycles. The van der Waals surface area contributed by atoms with Gasteiger partial charge in [0.25, 0.3) is 0 Å². The third-order valence-corrected chi connectivity index (χ3v) is 3.84. The van der Waals surface area contributed by atoms with Crippen LogP contribution in [0.5, 0.6) is 0 Å².